The number of fused-ring (bicyclic) bond motifs is 3. The molecule has 1 unspecified atom stereocenters. The SMILES string of the molecule is O=C(NCCOCCOCCOCCNC(=O)[C@@H]1NC2(CCCCC2)[C@@]2(C(=O)Nc3cc(Cl)ccc32)[C@H]1c1cccc(Cl)c1F)c1ccnc(N2CCC(C(=O)N3N=CCC3c3ccccc3)CC2)n1. The van der Waals surface area contributed by atoms with Gasteiger partial charge in [0.25, 0.3) is 5.91 Å². The Balaban J connectivity index is 0.672. The van der Waals surface area contributed by atoms with Crippen molar-refractivity contribution in [2.45, 2.75) is 80.3 Å². The molecule has 3 fully saturated rings. The van der Waals surface area contributed by atoms with Crippen molar-refractivity contribution < 1.29 is 37.8 Å². The van der Waals surface area contributed by atoms with E-state index in [0.717, 1.165) is 24.8 Å². The van der Waals surface area contributed by atoms with E-state index in [2.05, 4.69) is 36.3 Å². The zero-order valence-corrected chi connectivity index (χ0v) is 40.4. The van der Waals surface area contributed by atoms with E-state index in [-0.39, 0.29) is 84.8 Å². The summed E-state index contributed by atoms with van der Waals surface area (Å²) in [7, 11) is 0. The Kier molecular flexibility index (Phi) is 15.7. The van der Waals surface area contributed by atoms with Gasteiger partial charge in [0.15, 0.2) is 0 Å². The van der Waals surface area contributed by atoms with Crippen LogP contribution in [0, 0.1) is 11.7 Å². The standard InChI is InChI=1S/C51H58Cl2FN9O7/c52-35-12-13-37-40(32-35)59-48(67)51(37)42(36-10-7-11-38(53)43(36)54)44(61-50(51)18-5-2-6-19-50)46(65)56-23-27-69-29-31-70-30-28-68-26-22-55-45(64)39-14-20-57-49(60-39)62-24-16-34(17-25-62)47(66)63-41(15-21-58-63)33-8-3-1-4-9-33/h1,3-4,7-14,20-21,32,34,41-42,44,61H,2,5-6,15-19,22-31H2,(H,55,64)(H,56,65)(H,59,67)/t41?,42-,44+,51+/m0/s1. The average molecular weight is 999 g/mol. The van der Waals surface area contributed by atoms with Gasteiger partial charge in [-0.25, -0.2) is 19.4 Å². The Morgan fingerprint density at radius 3 is 2.30 bits per heavy atom. The summed E-state index contributed by atoms with van der Waals surface area (Å²) in [6.07, 6.45) is 9.27. The Morgan fingerprint density at radius 2 is 1.56 bits per heavy atom. The molecule has 1 aromatic heterocycles. The highest BCUT2D eigenvalue weighted by Crippen LogP contribution is 2.62. The molecule has 0 radical (unpaired) electrons. The molecule has 1 aliphatic carbocycles. The van der Waals surface area contributed by atoms with E-state index in [4.69, 9.17) is 37.4 Å². The molecule has 0 bridgehead atoms. The van der Waals surface area contributed by atoms with Crippen molar-refractivity contribution >= 4 is 64.7 Å². The molecule has 5 heterocycles. The predicted molar refractivity (Wildman–Crippen MR) is 263 cm³/mol. The van der Waals surface area contributed by atoms with Gasteiger partial charge in [-0.1, -0.05) is 91.0 Å². The van der Waals surface area contributed by atoms with E-state index >= 15 is 4.39 Å². The quantitative estimate of drug-likeness (QED) is 0.0815. The van der Waals surface area contributed by atoms with Gasteiger partial charge in [-0.3, -0.25) is 24.5 Å². The topological polar surface area (TPSA) is 189 Å². The van der Waals surface area contributed by atoms with Crippen molar-refractivity contribution in [3.05, 3.63) is 117 Å². The molecule has 16 nitrogen and oxygen atoms in total. The van der Waals surface area contributed by atoms with E-state index in [0.29, 0.717) is 87.2 Å². The van der Waals surface area contributed by atoms with Crippen molar-refractivity contribution in [3.8, 4) is 0 Å². The lowest BCUT2D eigenvalue weighted by Crippen LogP contribution is -2.60. The van der Waals surface area contributed by atoms with E-state index < -0.39 is 28.7 Å². The Hall–Kier alpha value is -5.56. The van der Waals surface area contributed by atoms with Gasteiger partial charge in [0.05, 0.1) is 56.7 Å². The van der Waals surface area contributed by atoms with Crippen LogP contribution in [0.4, 0.5) is 16.0 Å². The summed E-state index contributed by atoms with van der Waals surface area (Å²) in [5.41, 5.74) is 0.627. The fourth-order valence-corrected chi connectivity index (χ4v) is 11.5. The number of piperidine rings is 1. The van der Waals surface area contributed by atoms with Crippen molar-refractivity contribution in [2.75, 3.05) is 76.0 Å². The first kappa shape index (κ1) is 49.4. The van der Waals surface area contributed by atoms with Crippen LogP contribution in [-0.4, -0.2) is 122 Å². The number of rotatable bonds is 18. The van der Waals surface area contributed by atoms with Crippen molar-refractivity contribution in [1.82, 2.24) is 30.9 Å². The second-order valence-corrected chi connectivity index (χ2v) is 19.2. The first-order valence-corrected chi connectivity index (χ1v) is 25.0. The summed E-state index contributed by atoms with van der Waals surface area (Å²) in [5.74, 6) is -2.26. The van der Waals surface area contributed by atoms with E-state index in [9.17, 15) is 19.2 Å². The number of nitrogens with zero attached hydrogens (tertiary/aromatic N) is 5. The molecule has 3 aromatic carbocycles. The highest BCUT2D eigenvalue weighted by atomic mass is 35.5. The largest absolute Gasteiger partial charge is 0.377 e. The number of hydrazone groups is 1. The van der Waals surface area contributed by atoms with Crippen molar-refractivity contribution in [2.24, 2.45) is 11.0 Å². The average Bonchev–Trinajstić information content (AvgIpc) is 4.07. The Bertz CT molecular complexity index is 2560. The lowest BCUT2D eigenvalue weighted by Gasteiger charge is -2.47. The number of amides is 4. The van der Waals surface area contributed by atoms with Gasteiger partial charge in [-0.15, -0.1) is 0 Å². The number of ether oxygens (including phenoxy) is 3. The maximum Gasteiger partial charge on any atom is 0.270 e. The van der Waals surface area contributed by atoms with Crippen molar-refractivity contribution in [3.63, 3.8) is 0 Å². The van der Waals surface area contributed by atoms with Crippen LogP contribution >= 0.6 is 23.2 Å². The predicted octanol–water partition coefficient (Wildman–Crippen LogP) is 6.34. The van der Waals surface area contributed by atoms with Gasteiger partial charge < -0.3 is 35.1 Å². The Labute approximate surface area is 416 Å². The van der Waals surface area contributed by atoms with Crippen LogP contribution in [-0.2, 0) is 34.0 Å². The molecule has 1 saturated carbocycles. The van der Waals surface area contributed by atoms with Crippen LogP contribution in [0.2, 0.25) is 10.0 Å². The normalized spacial score (nSPS) is 22.7. The number of hydrogen-bond donors (Lipinski definition) is 4. The second kappa shape index (κ2) is 22.2. The summed E-state index contributed by atoms with van der Waals surface area (Å²) in [4.78, 5) is 66.1. The zero-order chi connectivity index (χ0) is 48.7. The smallest absolute Gasteiger partial charge is 0.270 e. The maximum atomic E-state index is 16.1. The highest BCUT2D eigenvalue weighted by molar-refractivity contribution is 6.31. The number of anilines is 2. The molecule has 2 spiro atoms. The van der Waals surface area contributed by atoms with Crippen molar-refractivity contribution in [1.29, 1.82) is 0 Å². The molecular weight excluding hydrogens is 941 g/mol. The molecule has 2 saturated heterocycles. The van der Waals surface area contributed by atoms with Crippen LogP contribution < -0.4 is 26.2 Å². The molecule has 4 amide bonds. The first-order chi connectivity index (χ1) is 34.1. The van der Waals surface area contributed by atoms with Crippen LogP contribution in [0.5, 0.6) is 0 Å². The summed E-state index contributed by atoms with van der Waals surface area (Å²) in [6, 6.07) is 20.5. The molecule has 9 rings (SSSR count). The van der Waals surface area contributed by atoms with E-state index in [1.54, 1.807) is 47.8 Å². The third-order valence-corrected chi connectivity index (χ3v) is 14.9. The lowest BCUT2D eigenvalue weighted by atomic mass is 9.55. The minimum atomic E-state index is -1.31. The lowest BCUT2D eigenvalue weighted by molar-refractivity contribution is -0.138. The molecule has 70 heavy (non-hydrogen) atoms. The number of nitrogens with one attached hydrogen (secondary N) is 4. The molecule has 4 aliphatic heterocycles. The van der Waals surface area contributed by atoms with Gasteiger partial charge in [-0.05, 0) is 66.6 Å². The highest BCUT2D eigenvalue weighted by Gasteiger charge is 2.72. The van der Waals surface area contributed by atoms with Crippen LogP contribution in [0.1, 0.15) is 90.5 Å². The molecule has 4 atom stereocenters. The monoisotopic (exact) mass is 997 g/mol. The molecule has 19 heteroatoms. The minimum Gasteiger partial charge on any atom is -0.377 e. The van der Waals surface area contributed by atoms with Gasteiger partial charge in [0.2, 0.25) is 23.7 Å². The number of benzene rings is 3. The molecule has 5 aliphatic rings. The van der Waals surface area contributed by atoms with Crippen LogP contribution in [0.25, 0.3) is 0 Å². The summed E-state index contributed by atoms with van der Waals surface area (Å²) in [6.45, 7) is 3.27. The number of halogens is 3. The summed E-state index contributed by atoms with van der Waals surface area (Å²) < 4.78 is 33.2. The first-order valence-electron chi connectivity index (χ1n) is 24.2. The van der Waals surface area contributed by atoms with Crippen LogP contribution in [0.3, 0.4) is 0 Å². The van der Waals surface area contributed by atoms with E-state index in [1.807, 2.05) is 41.3 Å². The Morgan fingerprint density at radius 1 is 0.843 bits per heavy atom. The number of carbonyl (C=O) groups is 4. The fraction of sp³-hybridized carbons (Fsp3) is 0.471. The summed E-state index contributed by atoms with van der Waals surface area (Å²) >= 11 is 12.7. The van der Waals surface area contributed by atoms with Gasteiger partial charge in [-0.2, -0.15) is 5.10 Å². The number of aromatic nitrogens is 2. The molecular formula is C51H58Cl2FN9O7. The van der Waals surface area contributed by atoms with Crippen LogP contribution in [0.15, 0.2) is 84.1 Å². The molecule has 4 N–H and O–H groups in total. The number of hydrogen-bond acceptors (Lipinski definition) is 12. The third kappa shape index (κ3) is 10.0. The molecule has 370 valence electrons. The zero-order valence-electron chi connectivity index (χ0n) is 38.8. The number of carbonyl (C=O) groups excluding carboxylic acids is 4. The summed E-state index contributed by atoms with van der Waals surface area (Å²) in [5, 5.41) is 18.9. The minimum absolute atomic E-state index is 0.0291. The van der Waals surface area contributed by atoms with E-state index in [1.165, 1.54) is 6.07 Å². The van der Waals surface area contributed by atoms with Gasteiger partial charge in [0, 0.05) is 73.1 Å². The molecule has 4 aromatic rings. The van der Waals surface area contributed by atoms with Gasteiger partial charge >= 0.3 is 0 Å². The fourth-order valence-electron chi connectivity index (χ4n) is 11.2. The van der Waals surface area contributed by atoms with Gasteiger partial charge in [0.1, 0.15) is 16.9 Å². The maximum absolute atomic E-state index is 16.1. The second-order valence-electron chi connectivity index (χ2n) is 18.4. The third-order valence-electron chi connectivity index (χ3n) is 14.4.